The smallest absolute Gasteiger partial charge is 0.0910 e. The van der Waals surface area contributed by atoms with E-state index in [0.29, 0.717) is 0 Å². The first-order valence-corrected chi connectivity index (χ1v) is 20.5. The van der Waals surface area contributed by atoms with Gasteiger partial charge in [-0.3, -0.25) is 0 Å². The summed E-state index contributed by atoms with van der Waals surface area (Å²) in [6.45, 7) is 14.6. The van der Waals surface area contributed by atoms with Gasteiger partial charge in [0.2, 0.25) is 0 Å². The van der Waals surface area contributed by atoms with Gasteiger partial charge in [0.25, 0.3) is 0 Å². The van der Waals surface area contributed by atoms with Crippen molar-refractivity contribution >= 4 is 11.8 Å². The predicted molar refractivity (Wildman–Crippen MR) is 216 cm³/mol. The van der Waals surface area contributed by atoms with Crippen LogP contribution in [0.5, 0.6) is 0 Å². The topological polar surface area (TPSA) is 15.4 Å². The summed E-state index contributed by atoms with van der Waals surface area (Å²) in [4.78, 5) is 0. The lowest BCUT2D eigenvalue weighted by molar-refractivity contribution is -0.519. The van der Waals surface area contributed by atoms with E-state index in [0.717, 1.165) is 25.1 Å². The molecule has 0 N–H and O–H groups in total. The number of aryl methyl sites for hydroxylation is 3. The molecule has 3 aromatic carbocycles. The third-order valence-corrected chi connectivity index (χ3v) is 10.2. The summed E-state index contributed by atoms with van der Waals surface area (Å²) in [5.74, 6) is 0. The van der Waals surface area contributed by atoms with Gasteiger partial charge in [-0.1, -0.05) is 146 Å². The first-order valence-electron chi connectivity index (χ1n) is 20.5. The van der Waals surface area contributed by atoms with Gasteiger partial charge in [-0.05, 0) is 133 Å². The van der Waals surface area contributed by atoms with Crippen LogP contribution in [0.15, 0.2) is 65.9 Å². The summed E-state index contributed by atoms with van der Waals surface area (Å²) in [5, 5.41) is 5.21. The number of hydrogen-bond acceptors (Lipinski definition) is 1. The molecule has 49 heavy (non-hydrogen) atoms. The van der Waals surface area contributed by atoms with Gasteiger partial charge in [0.15, 0.2) is 12.7 Å². The molecule has 2 nitrogen and oxygen atoms in total. The maximum absolute atomic E-state index is 5.21. The van der Waals surface area contributed by atoms with E-state index in [1.807, 2.05) is 0 Å². The Kier molecular flexibility index (Phi) is 20.0. The quantitative estimate of drug-likeness (QED) is 0.0487. The molecular weight excluding hydrogens is 593 g/mol. The molecule has 0 aliphatic carbocycles. The highest BCUT2D eigenvalue weighted by Crippen LogP contribution is 2.32. The molecule has 3 aromatic rings. The maximum atomic E-state index is 5.21. The predicted octanol–water partition coefficient (Wildman–Crippen LogP) is 14.9. The van der Waals surface area contributed by atoms with Crippen LogP contribution in [0.3, 0.4) is 0 Å². The molecule has 0 bridgehead atoms. The summed E-state index contributed by atoms with van der Waals surface area (Å²) >= 11 is 0. The number of azo groups is 2. The van der Waals surface area contributed by atoms with Gasteiger partial charge in [0.05, 0.1) is 0 Å². The molecule has 0 aliphatic rings. The van der Waals surface area contributed by atoms with Gasteiger partial charge < -0.3 is 0 Å². The first kappa shape index (κ1) is 40.4. The number of unbranched alkanes of at least 4 members (excludes halogenated alkanes) is 12. The first-order chi connectivity index (χ1) is 24.0. The van der Waals surface area contributed by atoms with Crippen LogP contribution >= 0.6 is 0 Å². The van der Waals surface area contributed by atoms with Crippen LogP contribution in [0.4, 0.5) is 5.69 Å². The zero-order chi connectivity index (χ0) is 35.1. The Hall–Kier alpha value is -3.00. The molecule has 0 aliphatic heterocycles. The Labute approximate surface area is 302 Å². The van der Waals surface area contributed by atoms with Crippen LogP contribution in [0, 0.1) is 6.92 Å². The maximum Gasteiger partial charge on any atom is 0.196 e. The summed E-state index contributed by atoms with van der Waals surface area (Å²) in [6.07, 6.45) is 30.2. The number of rotatable bonds is 25. The van der Waals surface area contributed by atoms with Crippen LogP contribution in [0.2, 0.25) is 0 Å². The zero-order valence-electron chi connectivity index (χ0n) is 32.6. The molecule has 0 heterocycles. The van der Waals surface area contributed by atoms with Gasteiger partial charge >= 0.3 is 0 Å². The minimum Gasteiger partial charge on any atom is -0.0910 e. The van der Waals surface area contributed by atoms with Crippen molar-refractivity contribution in [2.45, 2.75) is 170 Å². The third-order valence-electron chi connectivity index (χ3n) is 10.2. The summed E-state index contributed by atoms with van der Waals surface area (Å²) < 4.78 is 2.13. The van der Waals surface area contributed by atoms with Crippen molar-refractivity contribution in [3.05, 3.63) is 94.2 Å². The van der Waals surface area contributed by atoms with Crippen LogP contribution in [-0.2, 0) is 25.7 Å². The van der Waals surface area contributed by atoms with E-state index >= 15 is 0 Å². The molecule has 0 saturated heterocycles. The Morgan fingerprint density at radius 1 is 0.551 bits per heavy atom. The second-order valence-electron chi connectivity index (χ2n) is 14.4. The Balaban J connectivity index is 1.91. The van der Waals surface area contributed by atoms with Crippen LogP contribution < -0.4 is 0 Å². The molecule has 268 valence electrons. The van der Waals surface area contributed by atoms with E-state index in [4.69, 9.17) is 5.11 Å². The highest BCUT2D eigenvalue weighted by Gasteiger charge is 2.14. The molecule has 0 radical (unpaired) electrons. The Morgan fingerprint density at radius 3 is 1.76 bits per heavy atom. The lowest BCUT2D eigenvalue weighted by atomic mass is 9.88. The van der Waals surface area contributed by atoms with Crippen molar-refractivity contribution in [3.63, 3.8) is 0 Å². The number of nitrogens with zero attached hydrogens (tertiary/aromatic N) is 2. The molecule has 0 amide bonds. The average Bonchev–Trinajstić information content (AvgIpc) is 3.12. The zero-order valence-corrected chi connectivity index (χ0v) is 32.6. The monoisotopic (exact) mass is 664 g/mol. The SMILES string of the molecule is CCCCCCCCc1cc(N=[N+](C=Cc2cc(CCCC)c(CCCC)c(-c3ccccc3)c2)CC)cc(C)c1CCCCCCCC. The number of benzene rings is 3. The highest BCUT2D eigenvalue weighted by molar-refractivity contribution is 5.72. The van der Waals surface area contributed by atoms with Crippen molar-refractivity contribution < 1.29 is 4.70 Å². The van der Waals surface area contributed by atoms with Crippen molar-refractivity contribution in [1.82, 2.24) is 0 Å². The van der Waals surface area contributed by atoms with E-state index in [1.54, 1.807) is 16.7 Å². The van der Waals surface area contributed by atoms with Crippen molar-refractivity contribution in [3.8, 4) is 11.1 Å². The van der Waals surface area contributed by atoms with Crippen molar-refractivity contribution in [2.24, 2.45) is 5.11 Å². The van der Waals surface area contributed by atoms with E-state index in [9.17, 15) is 0 Å². The molecule has 0 aromatic heterocycles. The summed E-state index contributed by atoms with van der Waals surface area (Å²) in [5.41, 5.74) is 12.7. The van der Waals surface area contributed by atoms with Gasteiger partial charge in [0, 0.05) is 6.08 Å². The minimum atomic E-state index is 0.838. The molecule has 0 unspecified atom stereocenters. The van der Waals surface area contributed by atoms with Gasteiger partial charge in [0.1, 0.15) is 5.69 Å². The second-order valence-corrected chi connectivity index (χ2v) is 14.4. The lowest BCUT2D eigenvalue weighted by Gasteiger charge is -2.17. The van der Waals surface area contributed by atoms with Crippen LogP contribution in [-0.4, -0.2) is 11.2 Å². The van der Waals surface area contributed by atoms with E-state index in [2.05, 4.69) is 113 Å². The average molecular weight is 664 g/mol. The number of hydrogen-bond donors (Lipinski definition) is 0. The molecule has 0 atom stereocenters. The Morgan fingerprint density at radius 2 is 1.10 bits per heavy atom. The fourth-order valence-corrected chi connectivity index (χ4v) is 7.18. The molecular formula is C47H71N2+. The Bertz CT molecular complexity index is 1400. The molecule has 3 rings (SSSR count). The fraction of sp³-hybridized carbons (Fsp3) is 0.574. The van der Waals surface area contributed by atoms with E-state index in [1.165, 1.54) is 143 Å². The molecule has 0 saturated carbocycles. The normalized spacial score (nSPS) is 12.0. The lowest BCUT2D eigenvalue weighted by Crippen LogP contribution is -2.02. The standard InChI is InChI=1S/C47H71N2/c1-7-12-16-18-20-23-30-43-38-44(35-39(6)45(43)32-26-21-19-17-13-8-2)48-49(11-5)34-33-40-36-42(27-14-9-3)46(31-15-10-4)47(37-40)41-28-24-22-25-29-41/h22,24-25,28-29,33-38H,7-21,23,26-27,30-32H2,1-6H3/q+1. The van der Waals surface area contributed by atoms with Crippen LogP contribution in [0.1, 0.15) is 171 Å². The van der Waals surface area contributed by atoms with E-state index < -0.39 is 0 Å². The van der Waals surface area contributed by atoms with Gasteiger partial charge in [-0.2, -0.15) is 0 Å². The van der Waals surface area contributed by atoms with Crippen molar-refractivity contribution in [1.29, 1.82) is 0 Å². The fourth-order valence-electron chi connectivity index (χ4n) is 7.18. The highest BCUT2D eigenvalue weighted by atomic mass is 15.2. The van der Waals surface area contributed by atoms with Crippen LogP contribution in [0.25, 0.3) is 17.2 Å². The van der Waals surface area contributed by atoms with Gasteiger partial charge in [-0.15, -0.1) is 0 Å². The summed E-state index contributed by atoms with van der Waals surface area (Å²) in [7, 11) is 0. The second kappa shape index (κ2) is 24.2. The molecule has 2 heteroatoms. The largest absolute Gasteiger partial charge is 0.196 e. The molecule has 0 spiro atoms. The van der Waals surface area contributed by atoms with Gasteiger partial charge in [-0.25, -0.2) is 0 Å². The summed E-state index contributed by atoms with van der Waals surface area (Å²) in [6, 6.07) is 20.6. The molecule has 0 fully saturated rings. The third kappa shape index (κ3) is 14.4. The minimum absolute atomic E-state index is 0.838. The van der Waals surface area contributed by atoms with E-state index in [-0.39, 0.29) is 0 Å². The van der Waals surface area contributed by atoms with Crippen molar-refractivity contribution in [2.75, 3.05) is 6.54 Å².